The van der Waals surface area contributed by atoms with Crippen molar-refractivity contribution in [3.8, 4) is 5.75 Å². The van der Waals surface area contributed by atoms with E-state index in [1.807, 2.05) is 0 Å². The minimum Gasteiger partial charge on any atom is -0.508 e. The summed E-state index contributed by atoms with van der Waals surface area (Å²) < 4.78 is 0. The second kappa shape index (κ2) is 47.3. The van der Waals surface area contributed by atoms with Crippen molar-refractivity contribution in [3.05, 3.63) is 29.8 Å². The van der Waals surface area contributed by atoms with Crippen LogP contribution in [0.25, 0.3) is 0 Å². The molecule has 106 heavy (non-hydrogen) atoms. The Balaban J connectivity index is 2.06. The molecule has 1 aromatic carbocycles. The van der Waals surface area contributed by atoms with Gasteiger partial charge in [0.2, 0.25) is 94.5 Å². The van der Waals surface area contributed by atoms with Gasteiger partial charge in [-0.2, -0.15) is 50.5 Å². The number of amides is 16. The highest BCUT2D eigenvalue weighted by atomic mass is 32.1. The van der Waals surface area contributed by atoms with Gasteiger partial charge in [-0.05, 0) is 84.0 Å². The number of hydrogen-bond donors (Lipinski definition) is 26. The van der Waals surface area contributed by atoms with Gasteiger partial charge in [0, 0.05) is 35.9 Å². The van der Waals surface area contributed by atoms with Crippen molar-refractivity contribution < 1.29 is 112 Å². The SMILES string of the molecule is CC[C@H](C)[C@H](NC(=O)[C@H](CCC(=O)O)NC(=O)[C@H](CS)NC(=O)[C@@H](NC(=O)CNC(=O)[C@@H]1CCCN1)[C@@H](C)O)C(=O)NCC(=O)N[C@@H](CS)C(=O)NCC(=O)N[C@@H](C)C(=O)N[C@@H](Cc1ccc(O)cc1)C(=O)N[C@@H](C)C(=O)N[C@@H](C)C(=O)N[C@@H](CS)C(=O)N[C@H](C(=O)NCC(=O)N[C@@H](CS)C(=O)O)[C@@H](C)O. The van der Waals surface area contributed by atoms with Crippen molar-refractivity contribution in [2.75, 3.05) is 55.7 Å². The minimum absolute atomic E-state index is 0.140. The van der Waals surface area contributed by atoms with Crippen LogP contribution in [0.5, 0.6) is 5.75 Å². The normalized spacial score (nSPS) is 16.6. The zero-order chi connectivity index (χ0) is 80.2. The highest BCUT2D eigenvalue weighted by Crippen LogP contribution is 2.14. The van der Waals surface area contributed by atoms with E-state index >= 15 is 0 Å². The van der Waals surface area contributed by atoms with Gasteiger partial charge in [-0.1, -0.05) is 32.4 Å². The smallest absolute Gasteiger partial charge is 0.327 e. The van der Waals surface area contributed by atoms with Crippen molar-refractivity contribution in [2.24, 2.45) is 5.92 Å². The standard InChI is InChI=1S/C62H97N17O23S4/c1-8-27(2)47(78-55(94)36(15-16-46(87)88)73-57(96)39(24-104)76-61(100)49(32(7)81)77-45(86)22-64-53(92)35-10-9-17-63-35)59(98)66-20-43(84)71-38(23-103)54(93)65-19-42(83)68-28(3)51(90)74-37(18-33-11-13-34(82)14-12-33)56(95)70-29(4)50(89)69-30(5)52(91)75-40(25-105)58(97)79-48(31(6)80)60(99)67-21-44(85)72-41(26-106)62(101)102/h11-14,27-32,35-41,47-49,63,80-82,103-106H,8-10,15-26H2,1-7H3,(H,64,92)(H,65,93)(H,66,98)(H,67,99)(H,68,83)(H,69,89)(H,70,95)(H,71,84)(H,72,85)(H,73,96)(H,74,90)(H,75,91)(H,76,100)(H,77,86)(H,78,94)(H,79,97)(H,87,88)(H,101,102)/t27-,28-,29-,30-,31+,32+,35-,36-,37-,38-,39-,40-,41-,47-,48-,49-/m0/s1. The van der Waals surface area contributed by atoms with Gasteiger partial charge in [-0.3, -0.25) is 81.5 Å². The maximum absolute atomic E-state index is 13.8. The molecule has 44 heteroatoms. The molecule has 16 amide bonds. The van der Waals surface area contributed by atoms with Gasteiger partial charge in [0.05, 0.1) is 44.4 Å². The quantitative estimate of drug-likeness (QED) is 0.0270. The first-order valence-electron chi connectivity index (χ1n) is 33.3. The summed E-state index contributed by atoms with van der Waals surface area (Å²) in [6.45, 7) is 6.89. The highest BCUT2D eigenvalue weighted by molar-refractivity contribution is 7.80. The molecule has 1 fully saturated rings. The lowest BCUT2D eigenvalue weighted by Crippen LogP contribution is -2.61. The van der Waals surface area contributed by atoms with E-state index < -0.39 is 248 Å². The summed E-state index contributed by atoms with van der Waals surface area (Å²) in [5.74, 6) is -20.2. The molecule has 16 atom stereocenters. The molecular formula is C62H97N17O23S4. The van der Waals surface area contributed by atoms with Crippen LogP contribution < -0.4 is 90.4 Å². The third-order valence-electron chi connectivity index (χ3n) is 15.9. The van der Waals surface area contributed by atoms with Gasteiger partial charge < -0.3 is 116 Å². The third kappa shape index (κ3) is 33.1. The van der Waals surface area contributed by atoms with Crippen LogP contribution in [-0.2, 0) is 92.7 Å². The number of rotatable bonds is 46. The van der Waals surface area contributed by atoms with E-state index in [0.717, 1.165) is 13.3 Å². The van der Waals surface area contributed by atoms with E-state index in [9.17, 15) is 107 Å². The number of carboxylic acids is 2. The van der Waals surface area contributed by atoms with Crippen LogP contribution in [0.2, 0.25) is 0 Å². The van der Waals surface area contributed by atoms with Crippen LogP contribution in [0.15, 0.2) is 24.3 Å². The zero-order valence-corrected chi connectivity index (χ0v) is 62.6. The number of phenols is 1. The average molecular weight is 1580 g/mol. The van der Waals surface area contributed by atoms with E-state index in [-0.39, 0.29) is 35.8 Å². The number of carboxylic acid groups (broad SMARTS) is 2. The Morgan fingerprint density at radius 3 is 1.31 bits per heavy atom. The fraction of sp³-hybridized carbons (Fsp3) is 0.613. The van der Waals surface area contributed by atoms with E-state index in [0.29, 0.717) is 18.5 Å². The fourth-order valence-corrected chi connectivity index (χ4v) is 10.4. The summed E-state index contributed by atoms with van der Waals surface area (Å²) in [6.07, 6.45) is -3.02. The number of aliphatic hydroxyl groups is 2. The molecule has 0 aromatic heterocycles. The number of carbonyl (C=O) groups is 18. The lowest BCUT2D eigenvalue weighted by atomic mass is 9.97. The van der Waals surface area contributed by atoms with Crippen molar-refractivity contribution in [2.45, 2.75) is 178 Å². The van der Waals surface area contributed by atoms with Gasteiger partial charge >= 0.3 is 11.9 Å². The summed E-state index contributed by atoms with van der Waals surface area (Å²) in [6, 6.07) is -13.1. The van der Waals surface area contributed by atoms with Crippen molar-refractivity contribution >= 4 is 157 Å². The Bertz CT molecular complexity index is 3280. The molecule has 0 radical (unpaired) electrons. The summed E-state index contributed by atoms with van der Waals surface area (Å²) in [7, 11) is 0. The summed E-state index contributed by atoms with van der Waals surface area (Å²) in [4.78, 5) is 234. The van der Waals surface area contributed by atoms with E-state index in [1.54, 1.807) is 13.8 Å². The molecule has 22 N–H and O–H groups in total. The van der Waals surface area contributed by atoms with Crippen LogP contribution in [0.4, 0.5) is 0 Å². The molecule has 0 aliphatic carbocycles. The number of aliphatic hydroxyl groups excluding tert-OH is 2. The number of thiol groups is 4. The number of phenolic OH excluding ortho intramolecular Hbond substituents is 1. The molecular weight excluding hydrogens is 1480 g/mol. The predicted octanol–water partition coefficient (Wildman–Crippen LogP) is -9.49. The van der Waals surface area contributed by atoms with Crippen LogP contribution in [0.1, 0.15) is 86.1 Å². The second-order valence-electron chi connectivity index (χ2n) is 24.5. The van der Waals surface area contributed by atoms with E-state index in [1.165, 1.54) is 52.0 Å². The van der Waals surface area contributed by atoms with Gasteiger partial charge in [0.1, 0.15) is 78.3 Å². The van der Waals surface area contributed by atoms with Gasteiger partial charge in [0.25, 0.3) is 0 Å². The van der Waals surface area contributed by atoms with Gasteiger partial charge in [-0.25, -0.2) is 4.79 Å². The molecule has 2 rings (SSSR count). The van der Waals surface area contributed by atoms with Crippen LogP contribution in [0.3, 0.4) is 0 Å². The predicted molar refractivity (Wildman–Crippen MR) is 388 cm³/mol. The number of carbonyl (C=O) groups excluding carboxylic acids is 16. The third-order valence-corrected chi connectivity index (χ3v) is 17.3. The Hall–Kier alpha value is -9.24. The summed E-state index contributed by atoms with van der Waals surface area (Å²) >= 11 is 16.1. The molecule has 0 unspecified atom stereocenters. The first-order chi connectivity index (χ1) is 49.8. The number of aromatic hydroxyl groups is 1. The molecule has 1 aliphatic heterocycles. The van der Waals surface area contributed by atoms with E-state index in [4.69, 9.17) is 5.11 Å². The minimum atomic E-state index is -1.69. The Kier molecular flexibility index (Phi) is 41.5. The lowest BCUT2D eigenvalue weighted by Gasteiger charge is -2.28. The molecule has 0 spiro atoms. The Morgan fingerprint density at radius 1 is 0.434 bits per heavy atom. The first kappa shape index (κ1) is 92.8. The largest absolute Gasteiger partial charge is 0.508 e. The summed E-state index contributed by atoms with van der Waals surface area (Å²) in [5, 5.41) is 89.2. The second-order valence-corrected chi connectivity index (χ2v) is 26.0. The molecule has 1 aromatic rings. The number of aliphatic carboxylic acids is 2. The lowest BCUT2D eigenvalue weighted by molar-refractivity contribution is -0.141. The molecule has 1 heterocycles. The first-order valence-corrected chi connectivity index (χ1v) is 35.8. The number of hydrogen-bond acceptors (Lipinski definition) is 26. The van der Waals surface area contributed by atoms with Crippen molar-refractivity contribution in [1.29, 1.82) is 0 Å². The highest BCUT2D eigenvalue weighted by Gasteiger charge is 2.37. The summed E-state index contributed by atoms with van der Waals surface area (Å²) in [5.41, 5.74) is 0.393. The number of nitrogens with one attached hydrogen (secondary N) is 17. The maximum Gasteiger partial charge on any atom is 0.327 e. The molecule has 592 valence electrons. The van der Waals surface area contributed by atoms with Crippen molar-refractivity contribution in [1.82, 2.24) is 90.4 Å². The fourth-order valence-electron chi connectivity index (χ4n) is 9.43. The molecule has 1 aliphatic rings. The van der Waals surface area contributed by atoms with E-state index in [2.05, 4.69) is 141 Å². The van der Waals surface area contributed by atoms with Crippen LogP contribution in [-0.4, -0.2) is 278 Å². The zero-order valence-electron chi connectivity index (χ0n) is 59.0. The Morgan fingerprint density at radius 2 is 0.821 bits per heavy atom. The van der Waals surface area contributed by atoms with Gasteiger partial charge in [0.15, 0.2) is 0 Å². The van der Waals surface area contributed by atoms with Crippen LogP contribution >= 0.6 is 50.5 Å². The molecule has 40 nitrogen and oxygen atoms in total. The number of benzene rings is 1. The molecule has 0 saturated carbocycles. The monoisotopic (exact) mass is 1580 g/mol. The maximum atomic E-state index is 13.8. The van der Waals surface area contributed by atoms with Crippen molar-refractivity contribution in [3.63, 3.8) is 0 Å². The molecule has 1 saturated heterocycles. The van der Waals surface area contributed by atoms with Gasteiger partial charge in [-0.15, -0.1) is 0 Å². The van der Waals surface area contributed by atoms with Crippen LogP contribution in [0, 0.1) is 5.92 Å². The average Bonchev–Trinajstić information content (AvgIpc) is 0.931. The Labute approximate surface area is 631 Å². The topological polar surface area (TPSA) is 613 Å². The molecule has 0 bridgehead atoms.